The van der Waals surface area contributed by atoms with Crippen LogP contribution in [0.5, 0.6) is 0 Å². The number of carbonyl (C=O) groups is 1. The van der Waals surface area contributed by atoms with Gasteiger partial charge in [-0.15, -0.1) is 0 Å². The number of nitrogens with two attached hydrogens (primary N) is 1. The van der Waals surface area contributed by atoms with Crippen LogP contribution in [0.15, 0.2) is 24.3 Å². The van der Waals surface area contributed by atoms with Gasteiger partial charge in [0.1, 0.15) is 0 Å². The Hall–Kier alpha value is -1.35. The summed E-state index contributed by atoms with van der Waals surface area (Å²) in [6, 6.07) is 8.14. The fourth-order valence-corrected chi connectivity index (χ4v) is 1.59. The lowest BCUT2D eigenvalue weighted by molar-refractivity contribution is -0.121. The van der Waals surface area contributed by atoms with E-state index in [1.807, 2.05) is 19.1 Å². The van der Waals surface area contributed by atoms with Crippen LogP contribution in [-0.2, 0) is 11.2 Å². The molecular weight excluding hydrogens is 200 g/mol. The summed E-state index contributed by atoms with van der Waals surface area (Å²) in [7, 11) is 0. The summed E-state index contributed by atoms with van der Waals surface area (Å²) in [5.74, 6) is 0.0311. The monoisotopic (exact) mass is 220 g/mol. The molecule has 88 valence electrons. The van der Waals surface area contributed by atoms with Crippen molar-refractivity contribution in [2.75, 3.05) is 6.54 Å². The Balaban J connectivity index is 2.31. The van der Waals surface area contributed by atoms with Crippen LogP contribution >= 0.6 is 0 Å². The molecule has 1 unspecified atom stereocenters. The summed E-state index contributed by atoms with van der Waals surface area (Å²) in [6.45, 7) is 4.59. The SMILES string of the molecule is Cc1ccccc1CCNC(=O)CC(C)N. The van der Waals surface area contributed by atoms with Gasteiger partial charge in [0.2, 0.25) is 5.91 Å². The first kappa shape index (κ1) is 12.7. The predicted octanol–water partition coefficient (Wildman–Crippen LogP) is 1.39. The molecule has 0 heterocycles. The third kappa shape index (κ3) is 4.45. The molecule has 3 heteroatoms. The Kier molecular flexibility index (Phi) is 4.99. The smallest absolute Gasteiger partial charge is 0.221 e. The van der Waals surface area contributed by atoms with Gasteiger partial charge < -0.3 is 11.1 Å². The minimum atomic E-state index is -0.0709. The number of nitrogens with one attached hydrogen (secondary N) is 1. The number of amides is 1. The fraction of sp³-hybridized carbons (Fsp3) is 0.462. The van der Waals surface area contributed by atoms with Crippen molar-refractivity contribution in [3.63, 3.8) is 0 Å². The highest BCUT2D eigenvalue weighted by atomic mass is 16.1. The Labute approximate surface area is 97.0 Å². The van der Waals surface area contributed by atoms with E-state index in [1.54, 1.807) is 0 Å². The Morgan fingerprint density at radius 1 is 1.44 bits per heavy atom. The Morgan fingerprint density at radius 2 is 2.12 bits per heavy atom. The second kappa shape index (κ2) is 6.28. The van der Waals surface area contributed by atoms with Crippen LogP contribution < -0.4 is 11.1 Å². The van der Waals surface area contributed by atoms with Crippen LogP contribution in [0, 0.1) is 6.92 Å². The summed E-state index contributed by atoms with van der Waals surface area (Å²) >= 11 is 0. The first-order chi connectivity index (χ1) is 7.59. The van der Waals surface area contributed by atoms with Gasteiger partial charge in [-0.2, -0.15) is 0 Å². The highest BCUT2D eigenvalue weighted by Crippen LogP contribution is 2.06. The lowest BCUT2D eigenvalue weighted by atomic mass is 10.1. The van der Waals surface area contributed by atoms with Crippen molar-refractivity contribution in [1.29, 1.82) is 0 Å². The van der Waals surface area contributed by atoms with Gasteiger partial charge in [-0.25, -0.2) is 0 Å². The highest BCUT2D eigenvalue weighted by molar-refractivity contribution is 5.76. The van der Waals surface area contributed by atoms with Crippen molar-refractivity contribution >= 4 is 5.91 Å². The van der Waals surface area contributed by atoms with Gasteiger partial charge in [0.25, 0.3) is 0 Å². The van der Waals surface area contributed by atoms with Gasteiger partial charge >= 0.3 is 0 Å². The first-order valence-electron chi connectivity index (χ1n) is 5.66. The van der Waals surface area contributed by atoms with Crippen LogP contribution in [0.25, 0.3) is 0 Å². The van der Waals surface area contributed by atoms with E-state index in [4.69, 9.17) is 5.73 Å². The minimum absolute atomic E-state index is 0.0311. The predicted molar refractivity (Wildman–Crippen MR) is 66.2 cm³/mol. The lowest BCUT2D eigenvalue weighted by Gasteiger charge is -2.08. The van der Waals surface area contributed by atoms with Gasteiger partial charge in [-0.3, -0.25) is 4.79 Å². The van der Waals surface area contributed by atoms with Crippen molar-refractivity contribution < 1.29 is 4.79 Å². The normalized spacial score (nSPS) is 12.2. The van der Waals surface area contributed by atoms with E-state index in [2.05, 4.69) is 24.4 Å². The van der Waals surface area contributed by atoms with Crippen molar-refractivity contribution in [2.24, 2.45) is 5.73 Å². The van der Waals surface area contributed by atoms with Crippen LogP contribution in [0.3, 0.4) is 0 Å². The van der Waals surface area contributed by atoms with Gasteiger partial charge in [-0.1, -0.05) is 24.3 Å². The van der Waals surface area contributed by atoms with E-state index in [0.29, 0.717) is 13.0 Å². The van der Waals surface area contributed by atoms with E-state index < -0.39 is 0 Å². The number of rotatable bonds is 5. The molecule has 3 nitrogen and oxygen atoms in total. The molecule has 1 aromatic rings. The van der Waals surface area contributed by atoms with Gasteiger partial charge in [0.15, 0.2) is 0 Å². The molecule has 0 saturated heterocycles. The molecule has 1 rings (SSSR count). The largest absolute Gasteiger partial charge is 0.356 e. The lowest BCUT2D eigenvalue weighted by Crippen LogP contribution is -2.31. The third-order valence-electron chi connectivity index (χ3n) is 2.49. The Morgan fingerprint density at radius 3 is 2.75 bits per heavy atom. The number of carbonyl (C=O) groups excluding carboxylic acids is 1. The van der Waals surface area contributed by atoms with E-state index >= 15 is 0 Å². The summed E-state index contributed by atoms with van der Waals surface area (Å²) in [6.07, 6.45) is 1.27. The van der Waals surface area contributed by atoms with Crippen molar-refractivity contribution in [2.45, 2.75) is 32.7 Å². The average molecular weight is 220 g/mol. The first-order valence-corrected chi connectivity index (χ1v) is 5.66. The second-order valence-electron chi connectivity index (χ2n) is 4.21. The zero-order valence-electron chi connectivity index (χ0n) is 9.99. The van der Waals surface area contributed by atoms with Crippen LogP contribution in [0.1, 0.15) is 24.5 Å². The van der Waals surface area contributed by atoms with Gasteiger partial charge in [0, 0.05) is 19.0 Å². The molecule has 0 radical (unpaired) electrons. The van der Waals surface area contributed by atoms with E-state index in [0.717, 1.165) is 6.42 Å². The highest BCUT2D eigenvalue weighted by Gasteiger charge is 2.04. The number of hydrogen-bond donors (Lipinski definition) is 2. The van der Waals surface area contributed by atoms with Crippen molar-refractivity contribution in [1.82, 2.24) is 5.32 Å². The molecule has 1 amide bonds. The maximum atomic E-state index is 11.3. The summed E-state index contributed by atoms with van der Waals surface area (Å²) in [5.41, 5.74) is 8.09. The fourth-order valence-electron chi connectivity index (χ4n) is 1.59. The van der Waals surface area contributed by atoms with E-state index in [1.165, 1.54) is 11.1 Å². The molecule has 0 fully saturated rings. The quantitative estimate of drug-likeness (QED) is 0.788. The Bertz CT molecular complexity index is 348. The van der Waals surface area contributed by atoms with Crippen LogP contribution in [0.4, 0.5) is 0 Å². The van der Waals surface area contributed by atoms with E-state index in [-0.39, 0.29) is 11.9 Å². The standard InChI is InChI=1S/C13H20N2O/c1-10-5-3-4-6-12(10)7-8-15-13(16)9-11(2)14/h3-6,11H,7-9,14H2,1-2H3,(H,15,16). The summed E-state index contributed by atoms with van der Waals surface area (Å²) < 4.78 is 0. The van der Waals surface area contributed by atoms with Crippen LogP contribution in [-0.4, -0.2) is 18.5 Å². The van der Waals surface area contributed by atoms with Crippen LogP contribution in [0.2, 0.25) is 0 Å². The molecule has 0 aromatic heterocycles. The number of benzene rings is 1. The molecule has 3 N–H and O–H groups in total. The maximum Gasteiger partial charge on any atom is 0.221 e. The molecular formula is C13H20N2O. The maximum absolute atomic E-state index is 11.3. The van der Waals surface area contributed by atoms with Crippen molar-refractivity contribution in [3.8, 4) is 0 Å². The van der Waals surface area contributed by atoms with Gasteiger partial charge in [0.05, 0.1) is 0 Å². The molecule has 0 aliphatic carbocycles. The molecule has 0 saturated carbocycles. The zero-order valence-corrected chi connectivity index (χ0v) is 9.99. The molecule has 1 aromatic carbocycles. The van der Waals surface area contributed by atoms with E-state index in [9.17, 15) is 4.79 Å². The summed E-state index contributed by atoms with van der Waals surface area (Å²) in [5, 5.41) is 2.87. The molecule has 0 bridgehead atoms. The molecule has 0 aliphatic heterocycles. The zero-order chi connectivity index (χ0) is 12.0. The minimum Gasteiger partial charge on any atom is -0.356 e. The third-order valence-corrected chi connectivity index (χ3v) is 2.49. The second-order valence-corrected chi connectivity index (χ2v) is 4.21. The molecule has 1 atom stereocenters. The number of hydrogen-bond acceptors (Lipinski definition) is 2. The number of aryl methyl sites for hydroxylation is 1. The molecule has 0 spiro atoms. The molecule has 0 aliphatic rings. The topological polar surface area (TPSA) is 55.1 Å². The van der Waals surface area contributed by atoms with Crippen molar-refractivity contribution in [3.05, 3.63) is 35.4 Å². The summed E-state index contributed by atoms with van der Waals surface area (Å²) in [4.78, 5) is 11.3. The molecule has 16 heavy (non-hydrogen) atoms. The average Bonchev–Trinajstić information content (AvgIpc) is 2.19. The van der Waals surface area contributed by atoms with Gasteiger partial charge in [-0.05, 0) is 31.4 Å².